The zero-order chi connectivity index (χ0) is 14.1. The first-order valence-electron chi connectivity index (χ1n) is 7.19. The first-order valence-corrected chi connectivity index (χ1v) is 7.19. The molecule has 2 heterocycles. The molecule has 2 aliphatic heterocycles. The van der Waals surface area contributed by atoms with Gasteiger partial charge in [-0.3, -0.25) is 14.9 Å². The topological polar surface area (TPSA) is 55.4 Å². The van der Waals surface area contributed by atoms with Crippen LogP contribution in [0.5, 0.6) is 0 Å². The van der Waals surface area contributed by atoms with Crippen molar-refractivity contribution in [3.05, 3.63) is 35.9 Å². The van der Waals surface area contributed by atoms with E-state index in [1.165, 1.54) is 0 Å². The molecule has 106 valence electrons. The minimum absolute atomic E-state index is 0.00482. The molecule has 2 aliphatic rings. The molecule has 1 aromatic rings. The molecule has 1 N–H and O–H groups in total. The average molecular weight is 273 g/mol. The summed E-state index contributed by atoms with van der Waals surface area (Å²) in [5.74, 6) is -0.719. The van der Waals surface area contributed by atoms with Gasteiger partial charge in [-0.25, -0.2) is 0 Å². The van der Waals surface area contributed by atoms with Crippen molar-refractivity contribution in [2.45, 2.75) is 44.3 Å². The number of amides is 2. The highest BCUT2D eigenvalue weighted by Gasteiger charge is 2.43. The van der Waals surface area contributed by atoms with Crippen molar-refractivity contribution >= 4 is 11.8 Å². The van der Waals surface area contributed by atoms with E-state index in [2.05, 4.69) is 5.32 Å². The first-order chi connectivity index (χ1) is 9.65. The summed E-state index contributed by atoms with van der Waals surface area (Å²) in [6.45, 7) is 2.04. The van der Waals surface area contributed by atoms with Crippen molar-refractivity contribution in [2.24, 2.45) is 5.92 Å². The average Bonchev–Trinajstić information content (AvgIpc) is 2.85. The van der Waals surface area contributed by atoms with Gasteiger partial charge in [0.15, 0.2) is 0 Å². The Morgan fingerprint density at radius 3 is 2.55 bits per heavy atom. The van der Waals surface area contributed by atoms with E-state index in [1.807, 2.05) is 37.3 Å². The molecule has 4 unspecified atom stereocenters. The molecule has 3 rings (SSSR count). The number of nitrogens with one attached hydrogen (secondary N) is 1. The predicted octanol–water partition coefficient (Wildman–Crippen LogP) is 2.00. The zero-order valence-electron chi connectivity index (χ0n) is 11.5. The van der Waals surface area contributed by atoms with E-state index in [-0.39, 0.29) is 35.9 Å². The number of ether oxygens (including phenoxy) is 1. The number of carbonyl (C=O) groups excluding carboxylic acids is 2. The highest BCUT2D eigenvalue weighted by Crippen LogP contribution is 2.38. The normalized spacial score (nSPS) is 34.0. The van der Waals surface area contributed by atoms with E-state index in [1.54, 1.807) is 0 Å². The summed E-state index contributed by atoms with van der Waals surface area (Å²) in [7, 11) is 0. The second-order valence-corrected chi connectivity index (χ2v) is 5.73. The van der Waals surface area contributed by atoms with Gasteiger partial charge in [0.25, 0.3) is 0 Å². The minimum Gasteiger partial charge on any atom is -0.375 e. The lowest BCUT2D eigenvalue weighted by Gasteiger charge is -2.34. The highest BCUT2D eigenvalue weighted by atomic mass is 16.5. The lowest BCUT2D eigenvalue weighted by Crippen LogP contribution is -2.48. The van der Waals surface area contributed by atoms with Gasteiger partial charge in [0.2, 0.25) is 11.8 Å². The Morgan fingerprint density at radius 1 is 1.15 bits per heavy atom. The van der Waals surface area contributed by atoms with E-state index in [9.17, 15) is 9.59 Å². The lowest BCUT2D eigenvalue weighted by atomic mass is 9.76. The van der Waals surface area contributed by atoms with Crippen molar-refractivity contribution in [1.82, 2.24) is 5.32 Å². The Bertz CT molecular complexity index is 514. The number of piperidine rings is 1. The van der Waals surface area contributed by atoms with Crippen molar-refractivity contribution in [1.29, 1.82) is 0 Å². The number of benzene rings is 1. The Balaban J connectivity index is 1.90. The van der Waals surface area contributed by atoms with Gasteiger partial charge in [0.05, 0.1) is 18.1 Å². The van der Waals surface area contributed by atoms with Gasteiger partial charge in [0, 0.05) is 12.3 Å². The molecule has 0 radical (unpaired) electrons. The van der Waals surface area contributed by atoms with Gasteiger partial charge >= 0.3 is 0 Å². The van der Waals surface area contributed by atoms with Crippen molar-refractivity contribution in [3.8, 4) is 0 Å². The lowest BCUT2D eigenvalue weighted by molar-refractivity contribution is -0.139. The molecule has 0 saturated carbocycles. The van der Waals surface area contributed by atoms with Gasteiger partial charge in [0.1, 0.15) is 0 Å². The van der Waals surface area contributed by atoms with Gasteiger partial charge in [-0.1, -0.05) is 30.3 Å². The van der Waals surface area contributed by atoms with E-state index in [0.717, 1.165) is 18.4 Å². The summed E-state index contributed by atoms with van der Waals surface area (Å²) < 4.78 is 5.92. The van der Waals surface area contributed by atoms with Crippen LogP contribution in [0.4, 0.5) is 0 Å². The van der Waals surface area contributed by atoms with Crippen molar-refractivity contribution in [2.75, 3.05) is 0 Å². The van der Waals surface area contributed by atoms with Crippen LogP contribution >= 0.6 is 0 Å². The number of hydrogen-bond acceptors (Lipinski definition) is 3. The van der Waals surface area contributed by atoms with E-state index in [4.69, 9.17) is 4.74 Å². The molecule has 0 spiro atoms. The van der Waals surface area contributed by atoms with Crippen LogP contribution in [0.1, 0.15) is 37.7 Å². The molecule has 2 saturated heterocycles. The summed E-state index contributed by atoms with van der Waals surface area (Å²) >= 11 is 0. The summed E-state index contributed by atoms with van der Waals surface area (Å²) in [5.41, 5.74) is 0.964. The summed E-state index contributed by atoms with van der Waals surface area (Å²) in [4.78, 5) is 24.0. The van der Waals surface area contributed by atoms with Crippen LogP contribution in [0.25, 0.3) is 0 Å². The van der Waals surface area contributed by atoms with Crippen LogP contribution in [0.3, 0.4) is 0 Å². The Labute approximate surface area is 118 Å². The molecule has 4 nitrogen and oxygen atoms in total. The maximum Gasteiger partial charge on any atom is 0.234 e. The zero-order valence-corrected chi connectivity index (χ0v) is 11.5. The number of hydrogen-bond donors (Lipinski definition) is 1. The largest absolute Gasteiger partial charge is 0.375 e. The fraction of sp³-hybridized carbons (Fsp3) is 0.500. The molecule has 20 heavy (non-hydrogen) atoms. The Hall–Kier alpha value is -1.68. The maximum atomic E-state index is 12.3. The SMILES string of the molecule is CC1CCC(C2CC(=O)NC(=O)C2c2ccccc2)O1. The van der Waals surface area contributed by atoms with Crippen LogP contribution in [-0.2, 0) is 14.3 Å². The molecular formula is C16H19NO3. The van der Waals surface area contributed by atoms with Crippen LogP contribution in [0.2, 0.25) is 0 Å². The number of carbonyl (C=O) groups is 2. The molecule has 2 amide bonds. The van der Waals surface area contributed by atoms with Crippen molar-refractivity contribution < 1.29 is 14.3 Å². The molecule has 0 aromatic heterocycles. The third-order valence-corrected chi connectivity index (χ3v) is 4.30. The molecule has 2 fully saturated rings. The fourth-order valence-corrected chi connectivity index (χ4v) is 3.35. The van der Waals surface area contributed by atoms with Gasteiger partial charge in [-0.2, -0.15) is 0 Å². The second-order valence-electron chi connectivity index (χ2n) is 5.73. The second kappa shape index (κ2) is 5.37. The fourth-order valence-electron chi connectivity index (χ4n) is 3.35. The standard InChI is InChI=1S/C16H19NO3/c1-10-7-8-13(20-10)12-9-14(18)17-16(19)15(12)11-5-3-2-4-6-11/h2-6,10,12-13,15H,7-9H2,1H3,(H,17,18,19). The summed E-state index contributed by atoms with van der Waals surface area (Å²) in [6.07, 6.45) is 2.51. The molecule has 0 aliphatic carbocycles. The van der Waals surface area contributed by atoms with Crippen LogP contribution in [0.15, 0.2) is 30.3 Å². The molecule has 4 atom stereocenters. The quantitative estimate of drug-likeness (QED) is 0.839. The highest BCUT2D eigenvalue weighted by molar-refractivity contribution is 6.01. The van der Waals surface area contributed by atoms with Crippen LogP contribution in [0, 0.1) is 5.92 Å². The maximum absolute atomic E-state index is 12.3. The molecule has 1 aromatic carbocycles. The van der Waals surface area contributed by atoms with Crippen LogP contribution in [-0.4, -0.2) is 24.0 Å². The van der Waals surface area contributed by atoms with Gasteiger partial charge in [-0.15, -0.1) is 0 Å². The van der Waals surface area contributed by atoms with Gasteiger partial charge in [-0.05, 0) is 25.3 Å². The molecular weight excluding hydrogens is 254 g/mol. The number of imide groups is 1. The summed E-state index contributed by atoms with van der Waals surface area (Å²) in [6, 6.07) is 9.68. The van der Waals surface area contributed by atoms with Crippen LogP contribution < -0.4 is 5.32 Å². The smallest absolute Gasteiger partial charge is 0.234 e. The van der Waals surface area contributed by atoms with E-state index < -0.39 is 0 Å². The number of rotatable bonds is 2. The monoisotopic (exact) mass is 273 g/mol. The Morgan fingerprint density at radius 2 is 1.90 bits per heavy atom. The first kappa shape index (κ1) is 13.3. The third-order valence-electron chi connectivity index (χ3n) is 4.30. The summed E-state index contributed by atoms with van der Waals surface area (Å²) in [5, 5.41) is 2.46. The van der Waals surface area contributed by atoms with Crippen molar-refractivity contribution in [3.63, 3.8) is 0 Å². The minimum atomic E-state index is -0.288. The van der Waals surface area contributed by atoms with E-state index >= 15 is 0 Å². The van der Waals surface area contributed by atoms with E-state index in [0.29, 0.717) is 6.42 Å². The Kier molecular flexibility index (Phi) is 3.57. The van der Waals surface area contributed by atoms with Gasteiger partial charge < -0.3 is 4.74 Å². The third kappa shape index (κ3) is 2.48. The molecule has 0 bridgehead atoms. The molecule has 4 heteroatoms. The predicted molar refractivity (Wildman–Crippen MR) is 74.0 cm³/mol.